The molecule has 1 saturated heterocycles. The number of primary amides is 2. The van der Waals surface area contributed by atoms with Crippen LogP contribution in [0.3, 0.4) is 0 Å². The van der Waals surface area contributed by atoms with Crippen molar-refractivity contribution in [2.75, 3.05) is 19.8 Å². The van der Waals surface area contributed by atoms with Gasteiger partial charge in [-0.3, -0.25) is 9.59 Å². The standard InChI is InChI=1S/C16H22N4O4/c17-13(21)12(14(18)22)20-15(23)19-10-16(6-8-24-9-7-16)11-4-2-1-3-5-11/h1-5,12H,6-10H2,(H2,17,21)(H2,18,22)(H2,19,20,23). The van der Waals surface area contributed by atoms with Crippen LogP contribution in [0, 0.1) is 0 Å². The van der Waals surface area contributed by atoms with Crippen LogP contribution in [0.15, 0.2) is 30.3 Å². The zero-order valence-electron chi connectivity index (χ0n) is 13.3. The minimum absolute atomic E-state index is 0.258. The summed E-state index contributed by atoms with van der Waals surface area (Å²) in [6, 6.07) is 7.65. The number of hydrogen-bond donors (Lipinski definition) is 4. The lowest BCUT2D eigenvalue weighted by molar-refractivity contribution is -0.128. The summed E-state index contributed by atoms with van der Waals surface area (Å²) in [4.78, 5) is 34.3. The normalized spacial score (nSPS) is 16.4. The van der Waals surface area contributed by atoms with Crippen LogP contribution < -0.4 is 22.1 Å². The van der Waals surface area contributed by atoms with E-state index in [0.29, 0.717) is 19.8 Å². The molecule has 6 N–H and O–H groups in total. The van der Waals surface area contributed by atoms with Crippen molar-refractivity contribution in [2.45, 2.75) is 24.3 Å². The monoisotopic (exact) mass is 334 g/mol. The molecule has 1 aromatic carbocycles. The van der Waals surface area contributed by atoms with Crippen molar-refractivity contribution in [3.05, 3.63) is 35.9 Å². The highest BCUT2D eigenvalue weighted by Crippen LogP contribution is 2.34. The molecule has 1 aliphatic rings. The minimum atomic E-state index is -1.53. The van der Waals surface area contributed by atoms with Crippen LogP contribution in [0.5, 0.6) is 0 Å². The van der Waals surface area contributed by atoms with Gasteiger partial charge in [0.15, 0.2) is 6.04 Å². The third-order valence-electron chi connectivity index (χ3n) is 4.27. The first-order chi connectivity index (χ1) is 11.4. The SMILES string of the molecule is NC(=O)C(NC(=O)NCC1(c2ccccc2)CCOCC1)C(N)=O. The molecule has 1 aromatic rings. The molecule has 2 rings (SSSR count). The average molecular weight is 334 g/mol. The van der Waals surface area contributed by atoms with Crippen LogP contribution in [0.25, 0.3) is 0 Å². The maximum Gasteiger partial charge on any atom is 0.315 e. The van der Waals surface area contributed by atoms with E-state index >= 15 is 0 Å². The van der Waals surface area contributed by atoms with Crippen molar-refractivity contribution in [3.63, 3.8) is 0 Å². The molecule has 1 heterocycles. The van der Waals surface area contributed by atoms with E-state index in [2.05, 4.69) is 10.6 Å². The van der Waals surface area contributed by atoms with Crippen molar-refractivity contribution >= 4 is 17.8 Å². The van der Waals surface area contributed by atoms with Gasteiger partial charge in [-0.1, -0.05) is 30.3 Å². The molecule has 0 saturated carbocycles. The van der Waals surface area contributed by atoms with Gasteiger partial charge >= 0.3 is 6.03 Å². The van der Waals surface area contributed by atoms with Crippen LogP contribution in [0.4, 0.5) is 4.79 Å². The number of rotatable bonds is 6. The van der Waals surface area contributed by atoms with Gasteiger partial charge in [0.2, 0.25) is 11.8 Å². The Morgan fingerprint density at radius 1 is 1.08 bits per heavy atom. The predicted octanol–water partition coefficient (Wildman–Crippen LogP) is -0.627. The van der Waals surface area contributed by atoms with Gasteiger partial charge in [0, 0.05) is 25.2 Å². The van der Waals surface area contributed by atoms with Crippen LogP contribution >= 0.6 is 0 Å². The zero-order chi connectivity index (χ0) is 17.6. The van der Waals surface area contributed by atoms with Crippen LogP contribution in [0.1, 0.15) is 18.4 Å². The molecule has 0 atom stereocenters. The van der Waals surface area contributed by atoms with E-state index in [0.717, 1.165) is 18.4 Å². The molecule has 1 fully saturated rings. The van der Waals surface area contributed by atoms with E-state index in [1.54, 1.807) is 0 Å². The largest absolute Gasteiger partial charge is 0.381 e. The summed E-state index contributed by atoms with van der Waals surface area (Å²) in [6.07, 6.45) is 1.51. The summed E-state index contributed by atoms with van der Waals surface area (Å²) in [6.45, 7) is 1.54. The molecular formula is C16H22N4O4. The lowest BCUT2D eigenvalue weighted by Gasteiger charge is -2.38. The van der Waals surface area contributed by atoms with Crippen LogP contribution in [-0.4, -0.2) is 43.6 Å². The van der Waals surface area contributed by atoms with Gasteiger partial charge in [0.25, 0.3) is 0 Å². The molecular weight excluding hydrogens is 312 g/mol. The van der Waals surface area contributed by atoms with E-state index in [1.165, 1.54) is 0 Å². The van der Waals surface area contributed by atoms with Gasteiger partial charge in [-0.15, -0.1) is 0 Å². The predicted molar refractivity (Wildman–Crippen MR) is 86.9 cm³/mol. The summed E-state index contributed by atoms with van der Waals surface area (Å²) in [5.41, 5.74) is 10.9. The highest BCUT2D eigenvalue weighted by Gasteiger charge is 2.35. The van der Waals surface area contributed by atoms with Gasteiger partial charge in [0.05, 0.1) is 0 Å². The molecule has 0 spiro atoms. The highest BCUT2D eigenvalue weighted by atomic mass is 16.5. The molecule has 8 heteroatoms. The summed E-state index contributed by atoms with van der Waals surface area (Å²) >= 11 is 0. The molecule has 130 valence electrons. The van der Waals surface area contributed by atoms with E-state index in [1.807, 2.05) is 30.3 Å². The number of ether oxygens (including phenoxy) is 1. The number of amides is 4. The molecule has 8 nitrogen and oxygen atoms in total. The van der Waals surface area contributed by atoms with Crippen LogP contribution in [0.2, 0.25) is 0 Å². The van der Waals surface area contributed by atoms with Crippen molar-refractivity contribution in [1.29, 1.82) is 0 Å². The van der Waals surface area contributed by atoms with Crippen molar-refractivity contribution < 1.29 is 19.1 Å². The first-order valence-electron chi connectivity index (χ1n) is 7.71. The number of carbonyl (C=O) groups excluding carboxylic acids is 3. The topological polar surface area (TPSA) is 137 Å². The Kier molecular flexibility index (Phi) is 5.75. The molecule has 1 aliphatic heterocycles. The van der Waals surface area contributed by atoms with Gasteiger partial charge in [0.1, 0.15) is 0 Å². The second kappa shape index (κ2) is 7.78. The third-order valence-corrected chi connectivity index (χ3v) is 4.27. The Bertz CT molecular complexity index is 585. The summed E-state index contributed by atoms with van der Waals surface area (Å²) in [5.74, 6) is -2.00. The highest BCUT2D eigenvalue weighted by molar-refractivity contribution is 6.05. The first kappa shape index (κ1) is 17.7. The number of benzene rings is 1. The summed E-state index contributed by atoms with van der Waals surface area (Å²) < 4.78 is 5.43. The molecule has 24 heavy (non-hydrogen) atoms. The third kappa shape index (κ3) is 4.23. The molecule has 0 unspecified atom stereocenters. The second-order valence-electron chi connectivity index (χ2n) is 5.82. The number of carbonyl (C=O) groups is 3. The first-order valence-corrected chi connectivity index (χ1v) is 7.71. The van der Waals surface area contributed by atoms with Crippen molar-refractivity contribution in [3.8, 4) is 0 Å². The average Bonchev–Trinajstić information content (AvgIpc) is 2.59. The number of hydrogen-bond acceptors (Lipinski definition) is 4. The second-order valence-corrected chi connectivity index (χ2v) is 5.82. The minimum Gasteiger partial charge on any atom is -0.381 e. The fourth-order valence-electron chi connectivity index (χ4n) is 2.84. The fourth-order valence-corrected chi connectivity index (χ4v) is 2.84. The maximum absolute atomic E-state index is 12.0. The Labute approximate surface area is 139 Å². The Morgan fingerprint density at radius 3 is 2.21 bits per heavy atom. The maximum atomic E-state index is 12.0. The lowest BCUT2D eigenvalue weighted by Crippen LogP contribution is -2.56. The molecule has 0 aliphatic carbocycles. The van der Waals surface area contributed by atoms with Gasteiger partial charge in [-0.25, -0.2) is 4.79 Å². The molecule has 0 bridgehead atoms. The molecule has 0 radical (unpaired) electrons. The van der Waals surface area contributed by atoms with Gasteiger partial charge in [-0.05, 0) is 18.4 Å². The Morgan fingerprint density at radius 2 is 1.67 bits per heavy atom. The number of nitrogens with two attached hydrogens (primary N) is 2. The quantitative estimate of drug-likeness (QED) is 0.515. The van der Waals surface area contributed by atoms with E-state index in [4.69, 9.17) is 16.2 Å². The lowest BCUT2D eigenvalue weighted by atomic mass is 9.74. The van der Waals surface area contributed by atoms with E-state index in [-0.39, 0.29) is 5.41 Å². The summed E-state index contributed by atoms with van der Waals surface area (Å²) in [5, 5.41) is 4.90. The molecule has 0 aromatic heterocycles. The molecule has 4 amide bonds. The number of urea groups is 1. The smallest absolute Gasteiger partial charge is 0.315 e. The van der Waals surface area contributed by atoms with Crippen LogP contribution in [-0.2, 0) is 19.7 Å². The summed E-state index contributed by atoms with van der Waals surface area (Å²) in [7, 11) is 0. The van der Waals surface area contributed by atoms with E-state index < -0.39 is 23.9 Å². The van der Waals surface area contributed by atoms with E-state index in [9.17, 15) is 14.4 Å². The fraction of sp³-hybridized carbons (Fsp3) is 0.438. The van der Waals surface area contributed by atoms with Gasteiger partial charge < -0.3 is 26.8 Å². The van der Waals surface area contributed by atoms with Crippen molar-refractivity contribution in [1.82, 2.24) is 10.6 Å². The van der Waals surface area contributed by atoms with Gasteiger partial charge in [-0.2, -0.15) is 0 Å². The Balaban J connectivity index is 2.04. The van der Waals surface area contributed by atoms with Crippen molar-refractivity contribution in [2.24, 2.45) is 11.5 Å². The Hall–Kier alpha value is -2.61. The number of nitrogens with one attached hydrogen (secondary N) is 2. The zero-order valence-corrected chi connectivity index (χ0v) is 13.3.